The van der Waals surface area contributed by atoms with E-state index in [1.807, 2.05) is 54.2 Å². The van der Waals surface area contributed by atoms with E-state index in [1.54, 1.807) is 0 Å². The molecule has 1 saturated heterocycles. The van der Waals surface area contributed by atoms with E-state index in [4.69, 9.17) is 9.97 Å². The van der Waals surface area contributed by atoms with Crippen molar-refractivity contribution in [2.45, 2.75) is 31.5 Å². The quantitative estimate of drug-likeness (QED) is 0.836. The molecular weight excluding hydrogens is 342 g/mol. The summed E-state index contributed by atoms with van der Waals surface area (Å²) in [6.07, 6.45) is 0.770. The largest absolute Gasteiger partial charge is 0.392 e. The standard InChI is InChI=1S/C20H25N5O2/c1-24(2)19-15-8-9-25(20(27)16-10-14(26)11-21-16)12-17(15)22-18(23-19)13-6-4-3-5-7-13/h3-7,14,16,21,26H,8-12H2,1-2H3/t14-,16+/m1/s1. The molecule has 1 aromatic heterocycles. The molecule has 2 aliphatic rings. The Labute approximate surface area is 159 Å². The molecule has 0 radical (unpaired) electrons. The summed E-state index contributed by atoms with van der Waals surface area (Å²) in [7, 11) is 3.97. The van der Waals surface area contributed by atoms with Crippen LogP contribution in [0.1, 0.15) is 17.7 Å². The van der Waals surface area contributed by atoms with Gasteiger partial charge < -0.3 is 20.2 Å². The Morgan fingerprint density at radius 2 is 2.04 bits per heavy atom. The van der Waals surface area contributed by atoms with Crippen LogP contribution in [0.2, 0.25) is 0 Å². The minimum absolute atomic E-state index is 0.0449. The van der Waals surface area contributed by atoms with Gasteiger partial charge in [0.15, 0.2) is 5.82 Å². The Morgan fingerprint density at radius 1 is 1.26 bits per heavy atom. The highest BCUT2D eigenvalue weighted by molar-refractivity contribution is 5.82. The Kier molecular flexibility index (Phi) is 4.80. The number of hydrogen-bond donors (Lipinski definition) is 2. The van der Waals surface area contributed by atoms with E-state index in [0.717, 1.165) is 29.1 Å². The van der Waals surface area contributed by atoms with Gasteiger partial charge in [0.2, 0.25) is 5.91 Å². The molecule has 1 aromatic carbocycles. The zero-order valence-corrected chi connectivity index (χ0v) is 15.7. The number of nitrogens with one attached hydrogen (secondary N) is 1. The van der Waals surface area contributed by atoms with Crippen molar-refractivity contribution in [3.05, 3.63) is 41.6 Å². The van der Waals surface area contributed by atoms with E-state index in [9.17, 15) is 9.90 Å². The van der Waals surface area contributed by atoms with Crippen LogP contribution in [0, 0.1) is 0 Å². The number of aromatic nitrogens is 2. The van der Waals surface area contributed by atoms with Crippen LogP contribution in [0.15, 0.2) is 30.3 Å². The van der Waals surface area contributed by atoms with Gasteiger partial charge in [0, 0.05) is 38.3 Å². The molecule has 7 nitrogen and oxygen atoms in total. The molecule has 0 spiro atoms. The zero-order chi connectivity index (χ0) is 19.0. The number of benzene rings is 1. The number of nitrogens with zero attached hydrogens (tertiary/aromatic N) is 4. The van der Waals surface area contributed by atoms with Gasteiger partial charge in [-0.2, -0.15) is 0 Å². The number of amides is 1. The maximum absolute atomic E-state index is 12.8. The summed E-state index contributed by atoms with van der Waals surface area (Å²) in [6, 6.07) is 9.61. The molecule has 27 heavy (non-hydrogen) atoms. The lowest BCUT2D eigenvalue weighted by Gasteiger charge is -2.32. The average molecular weight is 367 g/mol. The third-order valence-corrected chi connectivity index (χ3v) is 5.22. The molecule has 1 amide bonds. The van der Waals surface area contributed by atoms with Crippen LogP contribution in [0.3, 0.4) is 0 Å². The number of fused-ring (bicyclic) bond motifs is 1. The summed E-state index contributed by atoms with van der Waals surface area (Å²) in [6.45, 7) is 1.60. The number of aliphatic hydroxyl groups is 1. The van der Waals surface area contributed by atoms with Crippen molar-refractivity contribution >= 4 is 11.7 Å². The summed E-state index contributed by atoms with van der Waals surface area (Å²) in [5, 5.41) is 12.8. The van der Waals surface area contributed by atoms with Gasteiger partial charge >= 0.3 is 0 Å². The molecule has 0 saturated carbocycles. The second-order valence-corrected chi connectivity index (χ2v) is 7.42. The number of rotatable bonds is 3. The van der Waals surface area contributed by atoms with Crippen molar-refractivity contribution in [3.8, 4) is 11.4 Å². The Bertz CT molecular complexity index is 840. The van der Waals surface area contributed by atoms with Gasteiger partial charge in [0.05, 0.1) is 24.4 Å². The van der Waals surface area contributed by atoms with Crippen molar-refractivity contribution in [2.75, 3.05) is 32.1 Å². The molecule has 2 aromatic rings. The first-order chi connectivity index (χ1) is 13.0. The van der Waals surface area contributed by atoms with Crippen LogP contribution in [0.5, 0.6) is 0 Å². The molecule has 0 bridgehead atoms. The fourth-order valence-electron chi connectivity index (χ4n) is 3.81. The SMILES string of the molecule is CN(C)c1nc(-c2ccccc2)nc2c1CCN(C(=O)[C@@H]1C[C@@H](O)CN1)C2. The molecule has 2 aliphatic heterocycles. The minimum Gasteiger partial charge on any atom is -0.392 e. The van der Waals surface area contributed by atoms with E-state index in [-0.39, 0.29) is 11.9 Å². The predicted octanol–water partition coefficient (Wildman–Crippen LogP) is 0.817. The molecule has 1 fully saturated rings. The molecule has 0 aliphatic carbocycles. The van der Waals surface area contributed by atoms with Gasteiger partial charge in [-0.25, -0.2) is 9.97 Å². The third kappa shape index (κ3) is 3.52. The first-order valence-corrected chi connectivity index (χ1v) is 9.35. The van der Waals surface area contributed by atoms with Crippen LogP contribution < -0.4 is 10.2 Å². The van der Waals surface area contributed by atoms with E-state index < -0.39 is 6.10 Å². The van der Waals surface area contributed by atoms with Gasteiger partial charge in [-0.1, -0.05) is 30.3 Å². The van der Waals surface area contributed by atoms with E-state index >= 15 is 0 Å². The molecule has 2 atom stereocenters. The van der Waals surface area contributed by atoms with Gasteiger partial charge in [0.25, 0.3) is 0 Å². The molecular formula is C20H25N5O2. The summed E-state index contributed by atoms with van der Waals surface area (Å²) < 4.78 is 0. The lowest BCUT2D eigenvalue weighted by Crippen LogP contribution is -2.46. The molecule has 7 heteroatoms. The van der Waals surface area contributed by atoms with E-state index in [2.05, 4.69) is 5.32 Å². The molecule has 142 valence electrons. The topological polar surface area (TPSA) is 81.6 Å². The highest BCUT2D eigenvalue weighted by atomic mass is 16.3. The highest BCUT2D eigenvalue weighted by Crippen LogP contribution is 2.29. The third-order valence-electron chi connectivity index (χ3n) is 5.22. The Balaban J connectivity index is 1.65. The van der Waals surface area contributed by atoms with Crippen molar-refractivity contribution in [1.82, 2.24) is 20.2 Å². The minimum atomic E-state index is -0.441. The first-order valence-electron chi connectivity index (χ1n) is 9.35. The van der Waals surface area contributed by atoms with Gasteiger partial charge in [-0.3, -0.25) is 4.79 Å². The van der Waals surface area contributed by atoms with Crippen molar-refractivity contribution < 1.29 is 9.90 Å². The number of β-amino-alcohol motifs (C(OH)–C–C–N with tert-alkyl or cyclic N) is 1. The zero-order valence-electron chi connectivity index (χ0n) is 15.7. The number of carbonyl (C=O) groups is 1. The van der Waals surface area contributed by atoms with Gasteiger partial charge in [0.1, 0.15) is 5.82 Å². The molecule has 2 N–H and O–H groups in total. The summed E-state index contributed by atoms with van der Waals surface area (Å²) in [5.41, 5.74) is 2.99. The first kappa shape index (κ1) is 17.9. The number of hydrogen-bond acceptors (Lipinski definition) is 6. The number of anilines is 1. The lowest BCUT2D eigenvalue weighted by atomic mass is 10.0. The number of aliphatic hydroxyl groups excluding tert-OH is 1. The van der Waals surface area contributed by atoms with Crippen LogP contribution in [0.25, 0.3) is 11.4 Å². The Morgan fingerprint density at radius 3 is 2.70 bits per heavy atom. The highest BCUT2D eigenvalue weighted by Gasteiger charge is 2.34. The Hall–Kier alpha value is -2.51. The lowest BCUT2D eigenvalue weighted by molar-refractivity contribution is -0.134. The monoisotopic (exact) mass is 367 g/mol. The summed E-state index contributed by atoms with van der Waals surface area (Å²) >= 11 is 0. The predicted molar refractivity (Wildman–Crippen MR) is 103 cm³/mol. The second kappa shape index (κ2) is 7.25. The van der Waals surface area contributed by atoms with E-state index in [1.165, 1.54) is 0 Å². The van der Waals surface area contributed by atoms with Gasteiger partial charge in [-0.05, 0) is 12.8 Å². The van der Waals surface area contributed by atoms with Crippen LogP contribution >= 0.6 is 0 Å². The smallest absolute Gasteiger partial charge is 0.240 e. The maximum Gasteiger partial charge on any atom is 0.240 e. The van der Waals surface area contributed by atoms with Crippen LogP contribution in [-0.2, 0) is 17.8 Å². The van der Waals surface area contributed by atoms with Crippen molar-refractivity contribution in [1.29, 1.82) is 0 Å². The average Bonchev–Trinajstić information content (AvgIpc) is 3.13. The van der Waals surface area contributed by atoms with Crippen LogP contribution in [0.4, 0.5) is 5.82 Å². The summed E-state index contributed by atoms with van der Waals surface area (Å²) in [5.74, 6) is 1.64. The van der Waals surface area contributed by atoms with E-state index in [0.29, 0.717) is 31.9 Å². The molecule has 4 rings (SSSR count). The van der Waals surface area contributed by atoms with Crippen molar-refractivity contribution in [3.63, 3.8) is 0 Å². The van der Waals surface area contributed by atoms with Crippen molar-refractivity contribution in [2.24, 2.45) is 0 Å². The molecule has 0 unspecified atom stereocenters. The fraction of sp³-hybridized carbons (Fsp3) is 0.450. The fourth-order valence-corrected chi connectivity index (χ4v) is 3.81. The number of carbonyl (C=O) groups excluding carboxylic acids is 1. The second-order valence-electron chi connectivity index (χ2n) is 7.42. The van der Waals surface area contributed by atoms with Crippen LogP contribution in [-0.4, -0.2) is 65.2 Å². The summed E-state index contributed by atoms with van der Waals surface area (Å²) in [4.78, 5) is 26.3. The normalized spacial score (nSPS) is 21.8. The maximum atomic E-state index is 12.8. The van der Waals surface area contributed by atoms with Gasteiger partial charge in [-0.15, -0.1) is 0 Å². The molecule has 3 heterocycles.